The minimum absolute atomic E-state index is 0.602. The molecule has 0 saturated carbocycles. The van der Waals surface area contributed by atoms with Gasteiger partial charge in [-0.05, 0) is 6.42 Å². The molecule has 0 aliphatic heterocycles. The molecule has 0 unspecified atom stereocenters. The molecule has 0 amide bonds. The van der Waals surface area contributed by atoms with Crippen LogP contribution in [0.5, 0.6) is 0 Å². The highest BCUT2D eigenvalue weighted by molar-refractivity contribution is 7.09. The summed E-state index contributed by atoms with van der Waals surface area (Å²) in [5, 5.41) is 17.2. The molecule has 3 rings (SSSR count). The van der Waals surface area contributed by atoms with Crippen LogP contribution < -0.4 is 10.6 Å². The van der Waals surface area contributed by atoms with Gasteiger partial charge in [-0.3, -0.25) is 5.10 Å². The zero-order valence-corrected chi connectivity index (χ0v) is 11.9. The van der Waals surface area contributed by atoms with Gasteiger partial charge in [0.2, 0.25) is 5.95 Å². The van der Waals surface area contributed by atoms with Crippen molar-refractivity contribution >= 4 is 34.1 Å². The molecule has 3 aromatic rings. The summed E-state index contributed by atoms with van der Waals surface area (Å²) in [5.41, 5.74) is 0.722. The zero-order chi connectivity index (χ0) is 13.8. The van der Waals surface area contributed by atoms with E-state index < -0.39 is 0 Å². The number of thiazole rings is 1. The van der Waals surface area contributed by atoms with E-state index in [4.69, 9.17) is 0 Å². The van der Waals surface area contributed by atoms with Crippen LogP contribution >= 0.6 is 11.3 Å². The first-order valence-electron chi connectivity index (χ1n) is 6.44. The maximum Gasteiger partial charge on any atom is 0.226 e. The third-order valence-corrected chi connectivity index (χ3v) is 3.51. The Morgan fingerprint density at radius 2 is 2.25 bits per heavy atom. The lowest BCUT2D eigenvalue weighted by Gasteiger charge is -2.08. The number of rotatable bonds is 6. The van der Waals surface area contributed by atoms with E-state index >= 15 is 0 Å². The summed E-state index contributed by atoms with van der Waals surface area (Å²) in [6, 6.07) is 0. The van der Waals surface area contributed by atoms with Crippen molar-refractivity contribution in [1.82, 2.24) is 25.1 Å². The fourth-order valence-electron chi connectivity index (χ4n) is 1.79. The smallest absolute Gasteiger partial charge is 0.226 e. The number of aromatic amines is 1. The van der Waals surface area contributed by atoms with Crippen LogP contribution in [-0.2, 0) is 6.54 Å². The van der Waals surface area contributed by atoms with Gasteiger partial charge in [0.1, 0.15) is 10.8 Å². The number of hydrogen-bond acceptors (Lipinski definition) is 7. The van der Waals surface area contributed by atoms with Crippen LogP contribution in [0.25, 0.3) is 11.0 Å². The van der Waals surface area contributed by atoms with E-state index in [2.05, 4.69) is 42.7 Å². The molecule has 3 heterocycles. The van der Waals surface area contributed by atoms with Crippen molar-refractivity contribution < 1.29 is 0 Å². The van der Waals surface area contributed by atoms with Crippen LogP contribution in [-0.4, -0.2) is 31.7 Å². The van der Waals surface area contributed by atoms with E-state index in [0.717, 1.165) is 34.8 Å². The third-order valence-electron chi connectivity index (χ3n) is 2.73. The minimum Gasteiger partial charge on any atom is -0.363 e. The van der Waals surface area contributed by atoms with Gasteiger partial charge in [-0.2, -0.15) is 15.1 Å². The maximum absolute atomic E-state index is 4.49. The van der Waals surface area contributed by atoms with Gasteiger partial charge in [-0.25, -0.2) is 4.98 Å². The molecule has 0 bridgehead atoms. The predicted octanol–water partition coefficient (Wildman–Crippen LogP) is 2.24. The molecule has 3 N–H and O–H groups in total. The number of aromatic nitrogens is 5. The van der Waals surface area contributed by atoms with E-state index in [-0.39, 0.29) is 0 Å². The molecule has 7 nitrogen and oxygen atoms in total. The Hall–Kier alpha value is -2.22. The number of nitrogens with zero attached hydrogens (tertiary/aromatic N) is 4. The standard InChI is InChI=1S/C12H15N7S/c1-2-3-14-12-17-10(8-6-16-19-11(8)18-12)15-7-9-13-4-5-20-9/h4-6H,2-3,7H2,1H3,(H3,14,15,16,17,18,19). The van der Waals surface area contributed by atoms with Crippen LogP contribution in [0.3, 0.4) is 0 Å². The highest BCUT2D eigenvalue weighted by Gasteiger charge is 2.09. The fourth-order valence-corrected chi connectivity index (χ4v) is 2.34. The second kappa shape index (κ2) is 5.83. The zero-order valence-electron chi connectivity index (χ0n) is 11.1. The van der Waals surface area contributed by atoms with Crippen molar-refractivity contribution in [3.8, 4) is 0 Å². The van der Waals surface area contributed by atoms with Crippen molar-refractivity contribution in [2.75, 3.05) is 17.2 Å². The number of fused-ring (bicyclic) bond motifs is 1. The van der Waals surface area contributed by atoms with Gasteiger partial charge in [0.15, 0.2) is 5.65 Å². The Kier molecular flexibility index (Phi) is 3.73. The van der Waals surface area contributed by atoms with E-state index in [1.54, 1.807) is 23.7 Å². The topological polar surface area (TPSA) is 91.4 Å². The Bertz CT molecular complexity index is 676. The first-order valence-corrected chi connectivity index (χ1v) is 7.32. The summed E-state index contributed by atoms with van der Waals surface area (Å²) < 4.78 is 0. The molecule has 0 aliphatic rings. The molecule has 20 heavy (non-hydrogen) atoms. The van der Waals surface area contributed by atoms with Gasteiger partial charge in [-0.15, -0.1) is 11.3 Å². The second-order valence-electron chi connectivity index (χ2n) is 4.23. The normalized spacial score (nSPS) is 10.8. The van der Waals surface area contributed by atoms with Crippen LogP contribution in [0, 0.1) is 0 Å². The molecule has 0 spiro atoms. The first-order chi connectivity index (χ1) is 9.86. The monoisotopic (exact) mass is 289 g/mol. The molecule has 0 fully saturated rings. The van der Waals surface area contributed by atoms with Crippen LogP contribution in [0.2, 0.25) is 0 Å². The van der Waals surface area contributed by atoms with Crippen LogP contribution in [0.4, 0.5) is 11.8 Å². The van der Waals surface area contributed by atoms with E-state index in [1.165, 1.54) is 0 Å². The Morgan fingerprint density at radius 3 is 3.05 bits per heavy atom. The van der Waals surface area contributed by atoms with Crippen molar-refractivity contribution in [3.05, 3.63) is 22.8 Å². The molecular weight excluding hydrogens is 274 g/mol. The lowest BCUT2D eigenvalue weighted by atomic mass is 10.4. The molecule has 0 radical (unpaired) electrons. The largest absolute Gasteiger partial charge is 0.363 e. The Balaban J connectivity index is 1.85. The average molecular weight is 289 g/mol. The number of hydrogen-bond donors (Lipinski definition) is 3. The van der Waals surface area contributed by atoms with E-state index in [0.29, 0.717) is 12.5 Å². The molecular formula is C12H15N7S. The lowest BCUT2D eigenvalue weighted by molar-refractivity contribution is 0.953. The fraction of sp³-hybridized carbons (Fsp3) is 0.333. The molecule has 0 atom stereocenters. The Morgan fingerprint density at radius 1 is 1.30 bits per heavy atom. The number of nitrogens with one attached hydrogen (secondary N) is 3. The highest BCUT2D eigenvalue weighted by Crippen LogP contribution is 2.20. The van der Waals surface area contributed by atoms with Crippen molar-refractivity contribution in [2.45, 2.75) is 19.9 Å². The summed E-state index contributed by atoms with van der Waals surface area (Å²) in [4.78, 5) is 13.1. The van der Waals surface area contributed by atoms with Gasteiger partial charge in [0, 0.05) is 18.1 Å². The molecule has 0 saturated heterocycles. The van der Waals surface area contributed by atoms with Crippen LogP contribution in [0.15, 0.2) is 17.8 Å². The van der Waals surface area contributed by atoms with Crippen LogP contribution in [0.1, 0.15) is 18.4 Å². The summed E-state index contributed by atoms with van der Waals surface area (Å²) in [7, 11) is 0. The maximum atomic E-state index is 4.49. The molecule has 0 aromatic carbocycles. The third kappa shape index (κ3) is 2.69. The van der Waals surface area contributed by atoms with Gasteiger partial charge in [0.25, 0.3) is 0 Å². The van der Waals surface area contributed by atoms with Crippen molar-refractivity contribution in [3.63, 3.8) is 0 Å². The van der Waals surface area contributed by atoms with Gasteiger partial charge in [-0.1, -0.05) is 6.92 Å². The summed E-state index contributed by atoms with van der Waals surface area (Å²) in [6.45, 7) is 3.58. The summed E-state index contributed by atoms with van der Waals surface area (Å²) in [6.07, 6.45) is 4.54. The number of H-pyrrole nitrogens is 1. The molecule has 104 valence electrons. The number of anilines is 2. The van der Waals surface area contributed by atoms with Gasteiger partial charge in [0.05, 0.1) is 18.1 Å². The molecule has 3 aromatic heterocycles. The highest BCUT2D eigenvalue weighted by atomic mass is 32.1. The first kappa shape index (κ1) is 12.8. The SMILES string of the molecule is CCCNc1nc(NCc2nccs2)c2cn[nH]c2n1. The van der Waals surface area contributed by atoms with E-state index in [9.17, 15) is 0 Å². The minimum atomic E-state index is 0.602. The second-order valence-corrected chi connectivity index (χ2v) is 5.21. The summed E-state index contributed by atoms with van der Waals surface area (Å²) in [5.74, 6) is 1.36. The predicted molar refractivity (Wildman–Crippen MR) is 79.9 cm³/mol. The quantitative estimate of drug-likeness (QED) is 0.644. The lowest BCUT2D eigenvalue weighted by Crippen LogP contribution is -2.08. The Labute approximate surface area is 119 Å². The average Bonchev–Trinajstić information content (AvgIpc) is 3.13. The summed E-state index contributed by atoms with van der Waals surface area (Å²) >= 11 is 1.61. The molecule has 8 heteroatoms. The van der Waals surface area contributed by atoms with Crippen molar-refractivity contribution in [1.29, 1.82) is 0 Å². The van der Waals surface area contributed by atoms with E-state index in [1.807, 2.05) is 5.38 Å². The van der Waals surface area contributed by atoms with Gasteiger partial charge >= 0.3 is 0 Å². The molecule has 0 aliphatic carbocycles. The van der Waals surface area contributed by atoms with Crippen molar-refractivity contribution in [2.24, 2.45) is 0 Å². The van der Waals surface area contributed by atoms with Gasteiger partial charge < -0.3 is 10.6 Å².